The molecule has 0 saturated carbocycles. The van der Waals surface area contributed by atoms with E-state index in [-0.39, 0.29) is 6.04 Å². The third-order valence-corrected chi connectivity index (χ3v) is 4.56. The molecule has 0 bridgehead atoms. The monoisotopic (exact) mass is 396 g/mol. The number of rotatable bonds is 5. The van der Waals surface area contributed by atoms with E-state index in [1.165, 1.54) is 0 Å². The number of alkyl carbamates (subject to hydrolysis) is 1. The van der Waals surface area contributed by atoms with E-state index in [1.54, 1.807) is 11.3 Å². The summed E-state index contributed by atoms with van der Waals surface area (Å²) in [4.78, 5) is 16.7. The topological polar surface area (TPSA) is 51.2 Å². The molecular weight excluding hydrogens is 376 g/mol. The lowest BCUT2D eigenvalue weighted by Gasteiger charge is -2.23. The van der Waals surface area contributed by atoms with Gasteiger partial charge in [-0.3, -0.25) is 0 Å². The van der Waals surface area contributed by atoms with Gasteiger partial charge < -0.3 is 10.1 Å². The molecule has 1 N–H and O–H groups in total. The highest BCUT2D eigenvalue weighted by molar-refractivity contribution is 9.08. The lowest BCUT2D eigenvalue weighted by molar-refractivity contribution is 0.0503. The number of amides is 1. The first kappa shape index (κ1) is 17.9. The van der Waals surface area contributed by atoms with Crippen molar-refractivity contribution >= 4 is 33.4 Å². The first-order valence-electron chi connectivity index (χ1n) is 7.41. The van der Waals surface area contributed by atoms with E-state index in [9.17, 15) is 4.79 Å². The van der Waals surface area contributed by atoms with Crippen LogP contribution in [0.15, 0.2) is 35.7 Å². The van der Waals surface area contributed by atoms with Crippen LogP contribution in [0.25, 0.3) is 0 Å². The fraction of sp³-hybridized carbons (Fsp3) is 0.412. The van der Waals surface area contributed by atoms with Crippen molar-refractivity contribution < 1.29 is 9.53 Å². The molecule has 0 saturated heterocycles. The van der Waals surface area contributed by atoms with Gasteiger partial charge in [0.15, 0.2) is 0 Å². The molecule has 0 fully saturated rings. The number of alkyl halides is 1. The summed E-state index contributed by atoms with van der Waals surface area (Å²) < 4.78 is 5.38. The molecule has 0 aliphatic heterocycles. The molecule has 1 amide bonds. The summed E-state index contributed by atoms with van der Waals surface area (Å²) in [5.41, 5.74) is 1.59. The van der Waals surface area contributed by atoms with Crippen LogP contribution in [0.3, 0.4) is 0 Å². The Morgan fingerprint density at radius 1 is 1.35 bits per heavy atom. The normalized spacial score (nSPS) is 12.7. The van der Waals surface area contributed by atoms with Crippen molar-refractivity contribution in [2.75, 3.05) is 0 Å². The van der Waals surface area contributed by atoms with Crippen molar-refractivity contribution in [1.29, 1.82) is 0 Å². The predicted octanol–water partition coefficient (Wildman–Crippen LogP) is 4.85. The van der Waals surface area contributed by atoms with Gasteiger partial charge in [-0.05, 0) is 32.8 Å². The zero-order valence-corrected chi connectivity index (χ0v) is 15.9. The zero-order chi connectivity index (χ0) is 16.9. The maximum Gasteiger partial charge on any atom is 0.408 e. The molecule has 1 atom stereocenters. The van der Waals surface area contributed by atoms with Crippen LogP contribution in [0.2, 0.25) is 0 Å². The van der Waals surface area contributed by atoms with Crippen molar-refractivity contribution in [3.63, 3.8) is 0 Å². The minimum Gasteiger partial charge on any atom is -0.444 e. The molecular formula is C17H21BrN2O2S. The average Bonchev–Trinajstić information content (AvgIpc) is 2.94. The standard InChI is InChI=1S/C17H21BrN2O2S/c1-17(2,3)22-16(21)20-14(9-12-7-5-4-6-8-12)15-19-13(10-18)11-23-15/h4-8,11,14H,9-10H2,1-3H3,(H,20,21)/t14-/m0/s1. The number of hydrogen-bond acceptors (Lipinski definition) is 4. The molecule has 0 radical (unpaired) electrons. The molecule has 1 aromatic heterocycles. The second-order valence-corrected chi connectivity index (χ2v) is 7.65. The molecule has 4 nitrogen and oxygen atoms in total. The van der Waals surface area contributed by atoms with Gasteiger partial charge in [0, 0.05) is 10.7 Å². The highest BCUT2D eigenvalue weighted by Gasteiger charge is 2.22. The van der Waals surface area contributed by atoms with Crippen molar-refractivity contribution in [3.8, 4) is 0 Å². The van der Waals surface area contributed by atoms with Crippen molar-refractivity contribution in [2.24, 2.45) is 0 Å². The van der Waals surface area contributed by atoms with Gasteiger partial charge in [-0.25, -0.2) is 9.78 Å². The Bertz CT molecular complexity index is 638. The third-order valence-electron chi connectivity index (χ3n) is 2.98. The molecule has 0 unspecified atom stereocenters. The van der Waals surface area contributed by atoms with Crippen LogP contribution < -0.4 is 5.32 Å². The van der Waals surface area contributed by atoms with Crippen LogP contribution in [0, 0.1) is 0 Å². The van der Waals surface area contributed by atoms with E-state index in [0.717, 1.165) is 16.3 Å². The van der Waals surface area contributed by atoms with Gasteiger partial charge in [-0.2, -0.15) is 0 Å². The van der Waals surface area contributed by atoms with E-state index in [1.807, 2.05) is 56.5 Å². The Labute approximate surface area is 149 Å². The van der Waals surface area contributed by atoms with E-state index in [4.69, 9.17) is 4.74 Å². The molecule has 2 aromatic rings. The number of ether oxygens (including phenoxy) is 1. The number of thiazole rings is 1. The van der Waals surface area contributed by atoms with Gasteiger partial charge in [0.1, 0.15) is 10.6 Å². The SMILES string of the molecule is CC(C)(C)OC(=O)N[C@@H](Cc1ccccc1)c1nc(CBr)cs1. The maximum atomic E-state index is 12.1. The number of nitrogens with zero attached hydrogens (tertiary/aromatic N) is 1. The summed E-state index contributed by atoms with van der Waals surface area (Å²) >= 11 is 4.96. The summed E-state index contributed by atoms with van der Waals surface area (Å²) in [5, 5.41) is 6.53. The Hall–Kier alpha value is -1.40. The third kappa shape index (κ3) is 5.95. The summed E-state index contributed by atoms with van der Waals surface area (Å²) in [6.07, 6.45) is 0.254. The van der Waals surface area contributed by atoms with Gasteiger partial charge >= 0.3 is 6.09 Å². The zero-order valence-electron chi connectivity index (χ0n) is 13.5. The largest absolute Gasteiger partial charge is 0.444 e. The molecule has 1 aromatic carbocycles. The summed E-state index contributed by atoms with van der Waals surface area (Å²) in [6, 6.07) is 9.85. The summed E-state index contributed by atoms with van der Waals surface area (Å²) in [5.74, 6) is 0. The number of carbonyl (C=O) groups is 1. The van der Waals surface area contributed by atoms with Gasteiger partial charge in [0.25, 0.3) is 0 Å². The maximum absolute atomic E-state index is 12.1. The molecule has 6 heteroatoms. The molecule has 23 heavy (non-hydrogen) atoms. The first-order valence-corrected chi connectivity index (χ1v) is 9.41. The number of hydrogen-bond donors (Lipinski definition) is 1. The van der Waals surface area contributed by atoms with Crippen LogP contribution >= 0.6 is 27.3 Å². The lowest BCUT2D eigenvalue weighted by atomic mass is 10.1. The van der Waals surface area contributed by atoms with Crippen LogP contribution in [-0.2, 0) is 16.5 Å². The second kappa shape index (κ2) is 7.93. The first-order chi connectivity index (χ1) is 10.9. The van der Waals surface area contributed by atoms with E-state index in [0.29, 0.717) is 11.8 Å². The number of halogens is 1. The van der Waals surface area contributed by atoms with Gasteiger partial charge in [-0.15, -0.1) is 11.3 Å². The quantitative estimate of drug-likeness (QED) is 0.734. The lowest BCUT2D eigenvalue weighted by Crippen LogP contribution is -2.35. The Kier molecular flexibility index (Phi) is 6.18. The minimum atomic E-state index is -0.523. The van der Waals surface area contributed by atoms with Crippen molar-refractivity contribution in [2.45, 2.75) is 44.2 Å². The number of nitrogens with one attached hydrogen (secondary N) is 1. The molecule has 0 aliphatic carbocycles. The predicted molar refractivity (Wildman–Crippen MR) is 97.0 cm³/mol. The van der Waals surface area contributed by atoms with Crippen LogP contribution in [0.4, 0.5) is 4.79 Å². The number of aromatic nitrogens is 1. The Morgan fingerprint density at radius 3 is 2.61 bits per heavy atom. The van der Waals surface area contributed by atoms with E-state index < -0.39 is 11.7 Å². The second-order valence-electron chi connectivity index (χ2n) is 6.20. The van der Waals surface area contributed by atoms with Gasteiger partial charge in [0.05, 0.1) is 11.7 Å². The number of carbonyl (C=O) groups excluding carboxylic acids is 1. The highest BCUT2D eigenvalue weighted by atomic mass is 79.9. The summed E-state index contributed by atoms with van der Waals surface area (Å²) in [6.45, 7) is 5.56. The fourth-order valence-corrected chi connectivity index (χ4v) is 3.41. The van der Waals surface area contributed by atoms with E-state index >= 15 is 0 Å². The van der Waals surface area contributed by atoms with Crippen molar-refractivity contribution in [1.82, 2.24) is 10.3 Å². The molecule has 2 rings (SSSR count). The number of benzene rings is 1. The van der Waals surface area contributed by atoms with Crippen molar-refractivity contribution in [3.05, 3.63) is 52.0 Å². The molecule has 124 valence electrons. The van der Waals surface area contributed by atoms with Gasteiger partial charge in [-0.1, -0.05) is 46.3 Å². The van der Waals surface area contributed by atoms with Crippen LogP contribution in [0.1, 0.15) is 43.1 Å². The molecule has 0 spiro atoms. The minimum absolute atomic E-state index is 0.204. The molecule has 0 aliphatic rings. The highest BCUT2D eigenvalue weighted by Crippen LogP contribution is 2.24. The van der Waals surface area contributed by atoms with Gasteiger partial charge in [0.2, 0.25) is 0 Å². The van der Waals surface area contributed by atoms with Crippen LogP contribution in [0.5, 0.6) is 0 Å². The van der Waals surface area contributed by atoms with E-state index in [2.05, 4.69) is 26.2 Å². The smallest absolute Gasteiger partial charge is 0.408 e. The fourth-order valence-electron chi connectivity index (χ4n) is 2.04. The van der Waals surface area contributed by atoms with Crippen LogP contribution in [-0.4, -0.2) is 16.7 Å². The Morgan fingerprint density at radius 2 is 2.04 bits per heavy atom. The summed E-state index contributed by atoms with van der Waals surface area (Å²) in [7, 11) is 0. The average molecular weight is 397 g/mol. The Balaban J connectivity index is 2.15. The molecule has 1 heterocycles.